The number of ether oxygens (including phenoxy) is 2. The van der Waals surface area contributed by atoms with E-state index in [9.17, 15) is 5.11 Å². The van der Waals surface area contributed by atoms with E-state index in [1.54, 1.807) is 14.2 Å². The van der Waals surface area contributed by atoms with Crippen molar-refractivity contribution in [1.82, 2.24) is 4.90 Å². The number of piperidine rings is 1. The number of aliphatic hydroxyl groups is 1. The lowest BCUT2D eigenvalue weighted by Gasteiger charge is -2.52. The van der Waals surface area contributed by atoms with Crippen LogP contribution in [-0.2, 0) is 15.9 Å². The lowest BCUT2D eigenvalue weighted by Crippen LogP contribution is -2.62. The first-order chi connectivity index (χ1) is 9.23. The third-order valence-corrected chi connectivity index (χ3v) is 4.56. The molecule has 1 aromatic carbocycles. The van der Waals surface area contributed by atoms with Crippen LogP contribution in [0.25, 0.3) is 0 Å². The summed E-state index contributed by atoms with van der Waals surface area (Å²) >= 11 is 0. The van der Waals surface area contributed by atoms with Gasteiger partial charge in [0.25, 0.3) is 0 Å². The highest BCUT2D eigenvalue weighted by atomic mass is 16.7. The molecule has 1 fully saturated rings. The van der Waals surface area contributed by atoms with E-state index in [1.165, 1.54) is 11.1 Å². The summed E-state index contributed by atoms with van der Waals surface area (Å²) in [4.78, 5) is 2.36. The first-order valence-electron chi connectivity index (χ1n) is 6.83. The fourth-order valence-electron chi connectivity index (χ4n) is 3.58. The summed E-state index contributed by atoms with van der Waals surface area (Å²) < 4.78 is 11.3. The number of hydrogen-bond acceptors (Lipinski definition) is 4. The Kier molecular flexibility index (Phi) is 3.35. The molecular formula is C15H21NO3. The maximum Gasteiger partial charge on any atom is 0.214 e. The molecule has 104 valence electrons. The van der Waals surface area contributed by atoms with Gasteiger partial charge in [-0.15, -0.1) is 0 Å². The van der Waals surface area contributed by atoms with E-state index in [0.717, 1.165) is 19.5 Å². The zero-order chi connectivity index (χ0) is 13.5. The molecule has 0 spiro atoms. The summed E-state index contributed by atoms with van der Waals surface area (Å²) in [6, 6.07) is 8.35. The van der Waals surface area contributed by atoms with Crippen molar-refractivity contribution in [1.29, 1.82) is 0 Å². The Morgan fingerprint density at radius 2 is 1.95 bits per heavy atom. The minimum atomic E-state index is -0.964. The van der Waals surface area contributed by atoms with Crippen molar-refractivity contribution < 1.29 is 14.6 Å². The average Bonchev–Trinajstić information content (AvgIpc) is 2.47. The summed E-state index contributed by atoms with van der Waals surface area (Å²) in [5.74, 6) is -0.964. The van der Waals surface area contributed by atoms with Gasteiger partial charge in [-0.1, -0.05) is 24.3 Å². The largest absolute Gasteiger partial charge is 0.387 e. The summed E-state index contributed by atoms with van der Waals surface area (Å²) in [6.45, 7) is 1.87. The Balaban J connectivity index is 2.11. The van der Waals surface area contributed by atoms with Crippen molar-refractivity contribution >= 4 is 0 Å². The summed E-state index contributed by atoms with van der Waals surface area (Å²) in [6.07, 6.45) is 1.13. The molecule has 1 N–H and O–H groups in total. The van der Waals surface area contributed by atoms with Gasteiger partial charge in [0.05, 0.1) is 6.04 Å². The molecule has 0 aliphatic carbocycles. The number of rotatable bonds is 2. The zero-order valence-corrected chi connectivity index (χ0v) is 11.5. The molecule has 0 saturated carbocycles. The maximum absolute atomic E-state index is 10.4. The van der Waals surface area contributed by atoms with Crippen LogP contribution >= 0.6 is 0 Å². The fraction of sp³-hybridized carbons (Fsp3) is 0.600. The van der Waals surface area contributed by atoms with Crippen LogP contribution in [0.2, 0.25) is 0 Å². The van der Waals surface area contributed by atoms with E-state index >= 15 is 0 Å². The summed E-state index contributed by atoms with van der Waals surface area (Å²) in [5.41, 5.74) is 2.55. The van der Waals surface area contributed by atoms with Crippen molar-refractivity contribution in [2.24, 2.45) is 0 Å². The van der Waals surface area contributed by atoms with E-state index in [4.69, 9.17) is 9.47 Å². The molecule has 2 aliphatic heterocycles. The minimum Gasteiger partial charge on any atom is -0.387 e. The number of aliphatic hydroxyl groups excluding tert-OH is 1. The van der Waals surface area contributed by atoms with Crippen LogP contribution in [0, 0.1) is 0 Å². The molecule has 19 heavy (non-hydrogen) atoms. The standard InChI is InChI=1S/C15H21NO3/c1-18-15(19-2)13(17)8-10-16-9-7-11-5-3-4-6-12(11)14(15)16/h3-6,13-14,17H,7-10H2,1-2H3. The predicted molar refractivity (Wildman–Crippen MR) is 71.8 cm³/mol. The van der Waals surface area contributed by atoms with Gasteiger partial charge in [-0.2, -0.15) is 0 Å². The first kappa shape index (κ1) is 13.1. The number of hydrogen-bond donors (Lipinski definition) is 1. The van der Waals surface area contributed by atoms with Crippen molar-refractivity contribution in [3.05, 3.63) is 35.4 Å². The highest BCUT2D eigenvalue weighted by Gasteiger charge is 2.53. The first-order valence-corrected chi connectivity index (χ1v) is 6.83. The second kappa shape index (κ2) is 4.87. The second-order valence-corrected chi connectivity index (χ2v) is 5.32. The van der Waals surface area contributed by atoms with Crippen molar-refractivity contribution in [2.75, 3.05) is 27.3 Å². The number of methoxy groups -OCH3 is 2. The SMILES string of the molecule is COC1(OC)C(O)CCN2CCc3ccccc3C21. The number of fused-ring (bicyclic) bond motifs is 3. The average molecular weight is 263 g/mol. The predicted octanol–water partition coefficient (Wildman–Crippen LogP) is 1.34. The van der Waals surface area contributed by atoms with E-state index < -0.39 is 11.9 Å². The zero-order valence-electron chi connectivity index (χ0n) is 11.5. The van der Waals surface area contributed by atoms with Crippen LogP contribution < -0.4 is 0 Å². The molecule has 0 radical (unpaired) electrons. The van der Waals surface area contributed by atoms with Gasteiger partial charge in [0.15, 0.2) is 0 Å². The molecule has 2 unspecified atom stereocenters. The van der Waals surface area contributed by atoms with Gasteiger partial charge in [-0.3, -0.25) is 4.90 Å². The molecule has 4 heteroatoms. The lowest BCUT2D eigenvalue weighted by molar-refractivity contribution is -0.308. The summed E-state index contributed by atoms with van der Waals surface area (Å²) in [5, 5.41) is 10.4. The Labute approximate surface area is 113 Å². The third kappa shape index (κ3) is 1.82. The van der Waals surface area contributed by atoms with Crippen molar-refractivity contribution in [3.63, 3.8) is 0 Å². The van der Waals surface area contributed by atoms with Crippen molar-refractivity contribution in [2.45, 2.75) is 30.8 Å². The highest BCUT2D eigenvalue weighted by molar-refractivity contribution is 5.35. The molecule has 0 aromatic heterocycles. The van der Waals surface area contributed by atoms with Crippen LogP contribution in [-0.4, -0.2) is 49.2 Å². The van der Waals surface area contributed by atoms with Gasteiger partial charge in [-0.05, 0) is 24.0 Å². The molecule has 4 nitrogen and oxygen atoms in total. The molecule has 3 rings (SSSR count). The van der Waals surface area contributed by atoms with Crippen LogP contribution in [0.15, 0.2) is 24.3 Å². The lowest BCUT2D eigenvalue weighted by atomic mass is 9.81. The van der Waals surface area contributed by atoms with Crippen LogP contribution in [0.5, 0.6) is 0 Å². The molecule has 2 heterocycles. The van der Waals surface area contributed by atoms with Gasteiger partial charge >= 0.3 is 0 Å². The van der Waals surface area contributed by atoms with Crippen LogP contribution in [0.1, 0.15) is 23.6 Å². The fourth-order valence-corrected chi connectivity index (χ4v) is 3.58. The molecular weight excluding hydrogens is 242 g/mol. The van der Waals surface area contributed by atoms with E-state index in [1.807, 2.05) is 6.07 Å². The Bertz CT molecular complexity index is 458. The topological polar surface area (TPSA) is 41.9 Å². The molecule has 2 atom stereocenters. The second-order valence-electron chi connectivity index (χ2n) is 5.32. The van der Waals surface area contributed by atoms with E-state index in [0.29, 0.717) is 6.42 Å². The molecule has 2 aliphatic rings. The van der Waals surface area contributed by atoms with Gasteiger partial charge in [0.1, 0.15) is 6.10 Å². The number of benzene rings is 1. The molecule has 1 aromatic rings. The minimum absolute atomic E-state index is 0.0313. The van der Waals surface area contributed by atoms with Crippen LogP contribution in [0.3, 0.4) is 0 Å². The van der Waals surface area contributed by atoms with E-state index in [-0.39, 0.29) is 6.04 Å². The quantitative estimate of drug-likeness (QED) is 0.818. The van der Waals surface area contributed by atoms with Crippen molar-refractivity contribution in [3.8, 4) is 0 Å². The van der Waals surface area contributed by atoms with Crippen LogP contribution in [0.4, 0.5) is 0 Å². The van der Waals surface area contributed by atoms with E-state index in [2.05, 4.69) is 23.1 Å². The Morgan fingerprint density at radius 1 is 1.21 bits per heavy atom. The monoisotopic (exact) mass is 263 g/mol. The van der Waals surface area contributed by atoms with Gasteiger partial charge in [0.2, 0.25) is 5.79 Å². The maximum atomic E-state index is 10.4. The molecule has 0 amide bonds. The smallest absolute Gasteiger partial charge is 0.214 e. The summed E-state index contributed by atoms with van der Waals surface area (Å²) in [7, 11) is 3.24. The Morgan fingerprint density at radius 3 is 2.68 bits per heavy atom. The Hall–Kier alpha value is -0.940. The molecule has 0 bridgehead atoms. The normalized spacial score (nSPS) is 29.6. The van der Waals surface area contributed by atoms with Gasteiger partial charge in [0, 0.05) is 27.3 Å². The van der Waals surface area contributed by atoms with Gasteiger partial charge < -0.3 is 14.6 Å². The number of nitrogens with zero attached hydrogens (tertiary/aromatic N) is 1. The highest BCUT2D eigenvalue weighted by Crippen LogP contribution is 2.45. The van der Waals surface area contributed by atoms with Gasteiger partial charge in [-0.25, -0.2) is 0 Å². The third-order valence-electron chi connectivity index (χ3n) is 4.56. The molecule has 1 saturated heterocycles.